The van der Waals surface area contributed by atoms with E-state index in [0.29, 0.717) is 16.5 Å². The van der Waals surface area contributed by atoms with Gasteiger partial charge < -0.3 is 33.8 Å². The van der Waals surface area contributed by atoms with Crippen molar-refractivity contribution in [2.24, 2.45) is 0 Å². The molecule has 4 rings (SSSR count). The third-order valence-corrected chi connectivity index (χ3v) is 4.90. The summed E-state index contributed by atoms with van der Waals surface area (Å²) >= 11 is 6.16. The molecule has 150 valence electrons. The summed E-state index contributed by atoms with van der Waals surface area (Å²) in [5, 5.41) is 14.0. The lowest BCUT2D eigenvalue weighted by Gasteiger charge is -2.47. The predicted molar refractivity (Wildman–Crippen MR) is 96.6 cm³/mol. The third-order valence-electron chi connectivity index (χ3n) is 4.59. The number of amides is 1. The summed E-state index contributed by atoms with van der Waals surface area (Å²) < 4.78 is 28.6. The zero-order chi connectivity index (χ0) is 19.7. The van der Waals surface area contributed by atoms with E-state index >= 15 is 0 Å². The fourth-order valence-corrected chi connectivity index (χ4v) is 3.50. The Balaban J connectivity index is 1.55. The quantitative estimate of drug-likeness (QED) is 0.796. The number of para-hydroxylation sites is 1. The lowest BCUT2D eigenvalue weighted by molar-refractivity contribution is -0.336. The van der Waals surface area contributed by atoms with E-state index in [0.717, 1.165) is 0 Å². The van der Waals surface area contributed by atoms with Gasteiger partial charge in [0.2, 0.25) is 18.5 Å². The van der Waals surface area contributed by atoms with E-state index in [4.69, 9.17) is 35.0 Å². The number of hydrogen-bond acceptors (Lipinski definition) is 7. The first-order valence-corrected chi connectivity index (χ1v) is 9.23. The Morgan fingerprint density at radius 1 is 1.25 bits per heavy atom. The normalized spacial score (nSPS) is 32.4. The van der Waals surface area contributed by atoms with Crippen molar-refractivity contribution in [2.75, 3.05) is 6.61 Å². The van der Waals surface area contributed by atoms with Gasteiger partial charge in [0.05, 0.1) is 17.9 Å². The molecule has 2 aliphatic rings. The summed E-state index contributed by atoms with van der Waals surface area (Å²) in [6, 6.07) is 9.45. The van der Waals surface area contributed by atoms with Gasteiger partial charge in [-0.15, -0.1) is 0 Å². The van der Waals surface area contributed by atoms with Crippen molar-refractivity contribution in [3.8, 4) is 5.75 Å². The average molecular weight is 410 g/mol. The Kier molecular flexibility index (Phi) is 5.56. The van der Waals surface area contributed by atoms with Crippen LogP contribution in [0, 0.1) is 0 Å². The molecule has 2 aliphatic heterocycles. The van der Waals surface area contributed by atoms with E-state index in [9.17, 15) is 9.90 Å². The summed E-state index contributed by atoms with van der Waals surface area (Å²) in [6.45, 7) is 1.50. The molecule has 1 aromatic heterocycles. The molecule has 0 aliphatic carbocycles. The number of aliphatic hydroxyl groups is 1. The second-order valence-electron chi connectivity index (χ2n) is 6.59. The van der Waals surface area contributed by atoms with Crippen LogP contribution in [-0.4, -0.2) is 48.3 Å². The van der Waals surface area contributed by atoms with Gasteiger partial charge in [-0.1, -0.05) is 23.7 Å². The van der Waals surface area contributed by atoms with Crippen LogP contribution in [0.1, 0.15) is 19.0 Å². The van der Waals surface area contributed by atoms with E-state index in [2.05, 4.69) is 5.32 Å². The topological polar surface area (TPSA) is 99.4 Å². The summed E-state index contributed by atoms with van der Waals surface area (Å²) in [5.41, 5.74) is 0. The molecule has 1 aromatic carbocycles. The van der Waals surface area contributed by atoms with Crippen LogP contribution in [0.5, 0.6) is 5.75 Å². The first-order chi connectivity index (χ1) is 13.5. The van der Waals surface area contributed by atoms with Crippen LogP contribution < -0.4 is 10.1 Å². The number of nitrogens with one attached hydrogen (secondary N) is 1. The van der Waals surface area contributed by atoms with Gasteiger partial charge in [0.25, 0.3) is 0 Å². The Morgan fingerprint density at radius 2 is 2.07 bits per heavy atom. The minimum Gasteiger partial charge on any atom is -0.464 e. The SMILES string of the molecule is CC(=O)N[C@H]1[C@@H](Oc2ccccc2Cl)O[C@@H]2CO[C@H](c3ccco3)O[C@@H]2[C@H]1O. The van der Waals surface area contributed by atoms with E-state index in [1.54, 1.807) is 36.4 Å². The highest BCUT2D eigenvalue weighted by Gasteiger charge is 2.51. The molecule has 6 atom stereocenters. The number of carbonyl (C=O) groups excluding carboxylic acids is 1. The zero-order valence-electron chi connectivity index (χ0n) is 15.0. The van der Waals surface area contributed by atoms with E-state index < -0.39 is 36.9 Å². The standard InChI is InChI=1S/C19H20ClNO7/c1-10(22)21-15-16(23)17-14(9-25-18(28-17)13-7-4-8-24-13)27-19(15)26-12-6-3-2-5-11(12)20/h2-8,14-19,23H,9H2,1H3,(H,21,22)/t14-,15-,16+,17+,18+,19+/m1/s1. The van der Waals surface area contributed by atoms with Gasteiger partial charge in [-0.25, -0.2) is 0 Å². The van der Waals surface area contributed by atoms with Crippen LogP contribution in [0.15, 0.2) is 47.1 Å². The number of carbonyl (C=O) groups is 1. The molecule has 0 spiro atoms. The summed E-state index contributed by atoms with van der Waals surface area (Å²) in [7, 11) is 0. The average Bonchev–Trinajstić information content (AvgIpc) is 3.21. The van der Waals surface area contributed by atoms with Crippen molar-refractivity contribution >= 4 is 17.5 Å². The fourth-order valence-electron chi connectivity index (χ4n) is 3.32. The van der Waals surface area contributed by atoms with Crippen LogP contribution >= 0.6 is 11.6 Å². The van der Waals surface area contributed by atoms with Crippen molar-refractivity contribution < 1.29 is 33.3 Å². The first-order valence-electron chi connectivity index (χ1n) is 8.85. The summed E-state index contributed by atoms with van der Waals surface area (Å²) in [6.07, 6.45) is -2.68. The molecule has 2 fully saturated rings. The van der Waals surface area contributed by atoms with Gasteiger partial charge in [0.15, 0.2) is 5.76 Å². The number of furan rings is 1. The number of benzene rings is 1. The molecule has 9 heteroatoms. The molecule has 0 radical (unpaired) electrons. The molecule has 3 heterocycles. The monoisotopic (exact) mass is 409 g/mol. The van der Waals surface area contributed by atoms with E-state index in [1.807, 2.05) is 0 Å². The molecule has 1 amide bonds. The second kappa shape index (κ2) is 8.10. The Bertz CT molecular complexity index is 814. The van der Waals surface area contributed by atoms with Crippen LogP contribution in [0.3, 0.4) is 0 Å². The highest BCUT2D eigenvalue weighted by molar-refractivity contribution is 6.32. The van der Waals surface area contributed by atoms with E-state index in [-0.39, 0.29) is 12.5 Å². The van der Waals surface area contributed by atoms with Crippen molar-refractivity contribution in [2.45, 2.75) is 43.9 Å². The van der Waals surface area contributed by atoms with Crippen molar-refractivity contribution in [1.29, 1.82) is 0 Å². The lowest BCUT2D eigenvalue weighted by atomic mass is 9.96. The van der Waals surface area contributed by atoms with Crippen LogP contribution in [0.2, 0.25) is 5.02 Å². The van der Waals surface area contributed by atoms with Gasteiger partial charge in [-0.3, -0.25) is 4.79 Å². The number of rotatable bonds is 4. The number of hydrogen-bond donors (Lipinski definition) is 2. The summed E-state index contributed by atoms with van der Waals surface area (Å²) in [5.74, 6) is 0.519. The maximum atomic E-state index is 11.7. The van der Waals surface area contributed by atoms with Crippen molar-refractivity contribution in [1.82, 2.24) is 5.32 Å². The highest BCUT2D eigenvalue weighted by Crippen LogP contribution is 2.35. The second-order valence-corrected chi connectivity index (χ2v) is 7.00. The largest absolute Gasteiger partial charge is 0.464 e. The van der Waals surface area contributed by atoms with Gasteiger partial charge >= 0.3 is 0 Å². The minimum absolute atomic E-state index is 0.155. The molecule has 2 N–H and O–H groups in total. The Hall–Kier alpha value is -2.10. The van der Waals surface area contributed by atoms with Crippen LogP contribution in [0.25, 0.3) is 0 Å². The molecule has 2 aromatic rings. The first kappa shape index (κ1) is 19.2. The van der Waals surface area contributed by atoms with Crippen molar-refractivity contribution in [3.63, 3.8) is 0 Å². The number of aliphatic hydroxyl groups excluding tert-OH is 1. The molecule has 0 unspecified atom stereocenters. The van der Waals surface area contributed by atoms with Crippen molar-refractivity contribution in [3.05, 3.63) is 53.4 Å². The molecule has 8 nitrogen and oxygen atoms in total. The van der Waals surface area contributed by atoms with Gasteiger partial charge in [-0.05, 0) is 24.3 Å². The van der Waals surface area contributed by atoms with Gasteiger partial charge in [0.1, 0.15) is 30.1 Å². The fraction of sp³-hybridized carbons (Fsp3) is 0.421. The van der Waals surface area contributed by atoms with Crippen LogP contribution in [-0.2, 0) is 19.0 Å². The highest BCUT2D eigenvalue weighted by atomic mass is 35.5. The van der Waals surface area contributed by atoms with Crippen LogP contribution in [0.4, 0.5) is 0 Å². The summed E-state index contributed by atoms with van der Waals surface area (Å²) in [4.78, 5) is 11.7. The lowest BCUT2D eigenvalue weighted by Crippen LogP contribution is -2.67. The molecule has 28 heavy (non-hydrogen) atoms. The zero-order valence-corrected chi connectivity index (χ0v) is 15.7. The van der Waals surface area contributed by atoms with E-state index in [1.165, 1.54) is 13.2 Å². The third kappa shape index (κ3) is 3.87. The van der Waals surface area contributed by atoms with Gasteiger partial charge in [0, 0.05) is 6.92 Å². The number of halogens is 1. The number of fused-ring (bicyclic) bond motifs is 1. The smallest absolute Gasteiger partial charge is 0.223 e. The molecule has 2 saturated heterocycles. The maximum Gasteiger partial charge on any atom is 0.223 e. The Labute approximate surface area is 166 Å². The predicted octanol–water partition coefficient (Wildman–Crippen LogP) is 2.02. The number of ether oxygens (including phenoxy) is 4. The maximum absolute atomic E-state index is 11.7. The molecule has 0 bridgehead atoms. The van der Waals surface area contributed by atoms with Gasteiger partial charge in [-0.2, -0.15) is 0 Å². The minimum atomic E-state index is -1.10. The molecular weight excluding hydrogens is 390 g/mol. The molecular formula is C19H20ClNO7. The Morgan fingerprint density at radius 3 is 2.79 bits per heavy atom. The molecule has 0 saturated carbocycles.